The highest BCUT2D eigenvalue weighted by molar-refractivity contribution is 6.08. The minimum atomic E-state index is -0.494. The van der Waals surface area contributed by atoms with Crippen LogP contribution >= 0.6 is 0 Å². The number of rotatable bonds is 3. The molecular formula is C15H15FO2. The molecule has 0 bridgehead atoms. The van der Waals surface area contributed by atoms with Crippen molar-refractivity contribution in [3.05, 3.63) is 58.3 Å². The number of benzene rings is 1. The fourth-order valence-electron chi connectivity index (χ4n) is 2.02. The number of aryl methyl sites for hydroxylation is 3. The zero-order chi connectivity index (χ0) is 13.3. The second kappa shape index (κ2) is 4.77. The zero-order valence-corrected chi connectivity index (χ0v) is 10.7. The SMILES string of the molecule is CCc1ccc(C(=O)c2c(C)cc(C)cc2F)o1. The minimum absolute atomic E-state index is 0.0950. The quantitative estimate of drug-likeness (QED) is 0.770. The molecular weight excluding hydrogens is 231 g/mol. The van der Waals surface area contributed by atoms with Gasteiger partial charge in [0.05, 0.1) is 5.56 Å². The predicted octanol–water partition coefficient (Wildman–Crippen LogP) is 3.83. The summed E-state index contributed by atoms with van der Waals surface area (Å²) < 4.78 is 19.2. The lowest BCUT2D eigenvalue weighted by molar-refractivity contribution is 0.100. The first kappa shape index (κ1) is 12.6. The standard InChI is InChI=1S/C15H15FO2/c1-4-11-5-6-13(18-11)15(17)14-10(3)7-9(2)8-12(14)16/h5-8H,4H2,1-3H3. The van der Waals surface area contributed by atoms with Gasteiger partial charge in [0.1, 0.15) is 11.6 Å². The smallest absolute Gasteiger partial charge is 0.231 e. The van der Waals surface area contributed by atoms with E-state index in [9.17, 15) is 9.18 Å². The number of hydrogen-bond acceptors (Lipinski definition) is 2. The maximum Gasteiger partial charge on any atom is 0.231 e. The molecule has 2 rings (SSSR count). The molecule has 0 aliphatic heterocycles. The first-order valence-corrected chi connectivity index (χ1v) is 5.93. The van der Waals surface area contributed by atoms with Crippen molar-refractivity contribution in [3.8, 4) is 0 Å². The molecule has 0 fully saturated rings. The Morgan fingerprint density at radius 3 is 2.56 bits per heavy atom. The lowest BCUT2D eigenvalue weighted by Crippen LogP contribution is -2.06. The molecule has 1 aromatic heterocycles. The van der Waals surface area contributed by atoms with Crippen molar-refractivity contribution in [3.63, 3.8) is 0 Å². The van der Waals surface area contributed by atoms with Crippen molar-refractivity contribution < 1.29 is 13.6 Å². The largest absolute Gasteiger partial charge is 0.458 e. The van der Waals surface area contributed by atoms with Gasteiger partial charge >= 0.3 is 0 Å². The molecule has 0 aliphatic carbocycles. The van der Waals surface area contributed by atoms with Crippen LogP contribution in [0, 0.1) is 19.7 Å². The summed E-state index contributed by atoms with van der Waals surface area (Å²) in [5.41, 5.74) is 1.53. The molecule has 0 saturated heterocycles. The van der Waals surface area contributed by atoms with E-state index < -0.39 is 11.6 Å². The molecule has 0 unspecified atom stereocenters. The Morgan fingerprint density at radius 2 is 2.00 bits per heavy atom. The molecule has 0 spiro atoms. The normalized spacial score (nSPS) is 10.7. The van der Waals surface area contributed by atoms with Gasteiger partial charge in [-0.2, -0.15) is 0 Å². The third kappa shape index (κ3) is 2.21. The second-order valence-corrected chi connectivity index (χ2v) is 4.39. The monoisotopic (exact) mass is 246 g/mol. The first-order valence-electron chi connectivity index (χ1n) is 5.93. The molecule has 0 saturated carbocycles. The van der Waals surface area contributed by atoms with E-state index in [1.54, 1.807) is 32.0 Å². The number of carbonyl (C=O) groups is 1. The maximum absolute atomic E-state index is 13.9. The Balaban J connectivity index is 2.46. The van der Waals surface area contributed by atoms with Crippen LogP contribution in [0.4, 0.5) is 4.39 Å². The van der Waals surface area contributed by atoms with Gasteiger partial charge in [-0.3, -0.25) is 4.79 Å². The Labute approximate surface area is 105 Å². The fraction of sp³-hybridized carbons (Fsp3) is 0.267. The van der Waals surface area contributed by atoms with Gasteiger partial charge in [0, 0.05) is 6.42 Å². The summed E-state index contributed by atoms with van der Waals surface area (Å²) in [7, 11) is 0. The van der Waals surface area contributed by atoms with Gasteiger partial charge in [-0.25, -0.2) is 4.39 Å². The summed E-state index contributed by atoms with van der Waals surface area (Å²) in [5, 5.41) is 0. The number of furan rings is 1. The molecule has 0 radical (unpaired) electrons. The van der Waals surface area contributed by atoms with Crippen molar-refractivity contribution in [1.82, 2.24) is 0 Å². The van der Waals surface area contributed by atoms with Gasteiger partial charge in [0.15, 0.2) is 5.76 Å². The van der Waals surface area contributed by atoms with Crippen molar-refractivity contribution in [2.45, 2.75) is 27.2 Å². The summed E-state index contributed by atoms with van der Waals surface area (Å²) in [6, 6.07) is 6.50. The molecule has 1 aromatic carbocycles. The Bertz CT molecular complexity index is 573. The zero-order valence-electron chi connectivity index (χ0n) is 10.7. The van der Waals surface area contributed by atoms with Crippen LogP contribution in [0.1, 0.15) is 39.9 Å². The Morgan fingerprint density at radius 1 is 1.28 bits per heavy atom. The third-order valence-corrected chi connectivity index (χ3v) is 2.89. The van der Waals surface area contributed by atoms with Crippen LogP contribution in [0.25, 0.3) is 0 Å². The van der Waals surface area contributed by atoms with Crippen LogP contribution in [0.15, 0.2) is 28.7 Å². The number of halogens is 1. The van der Waals surface area contributed by atoms with Gasteiger partial charge in [0.2, 0.25) is 5.78 Å². The number of hydrogen-bond donors (Lipinski definition) is 0. The Kier molecular flexibility index (Phi) is 3.32. The second-order valence-electron chi connectivity index (χ2n) is 4.39. The van der Waals surface area contributed by atoms with Crippen LogP contribution in [0.3, 0.4) is 0 Å². The average molecular weight is 246 g/mol. The van der Waals surface area contributed by atoms with Crippen LogP contribution in [0.2, 0.25) is 0 Å². The van der Waals surface area contributed by atoms with Crippen molar-refractivity contribution in [2.24, 2.45) is 0 Å². The predicted molar refractivity (Wildman–Crippen MR) is 67.4 cm³/mol. The topological polar surface area (TPSA) is 30.2 Å². The van der Waals surface area contributed by atoms with Gasteiger partial charge < -0.3 is 4.42 Å². The van der Waals surface area contributed by atoms with Gasteiger partial charge in [-0.05, 0) is 43.2 Å². The van der Waals surface area contributed by atoms with Crippen LogP contribution in [0.5, 0.6) is 0 Å². The summed E-state index contributed by atoms with van der Waals surface area (Å²) in [6.07, 6.45) is 0.711. The van der Waals surface area contributed by atoms with E-state index in [2.05, 4.69) is 0 Å². The van der Waals surface area contributed by atoms with E-state index in [1.807, 2.05) is 6.92 Å². The van der Waals surface area contributed by atoms with E-state index in [-0.39, 0.29) is 11.3 Å². The van der Waals surface area contributed by atoms with E-state index in [0.717, 1.165) is 11.3 Å². The summed E-state index contributed by atoms with van der Waals surface area (Å²) in [4.78, 5) is 12.2. The van der Waals surface area contributed by atoms with Crippen molar-refractivity contribution in [1.29, 1.82) is 0 Å². The van der Waals surface area contributed by atoms with Gasteiger partial charge in [0.25, 0.3) is 0 Å². The Hall–Kier alpha value is -1.90. The lowest BCUT2D eigenvalue weighted by atomic mass is 10.0. The van der Waals surface area contributed by atoms with Crippen molar-refractivity contribution >= 4 is 5.78 Å². The highest BCUT2D eigenvalue weighted by Gasteiger charge is 2.20. The fourth-order valence-corrected chi connectivity index (χ4v) is 2.02. The molecule has 2 aromatic rings. The van der Waals surface area contributed by atoms with Crippen molar-refractivity contribution in [2.75, 3.05) is 0 Å². The molecule has 2 nitrogen and oxygen atoms in total. The molecule has 0 atom stereocenters. The van der Waals surface area contributed by atoms with E-state index in [4.69, 9.17) is 4.42 Å². The van der Waals surface area contributed by atoms with Crippen LogP contribution in [-0.2, 0) is 6.42 Å². The van der Waals surface area contributed by atoms with Crippen LogP contribution < -0.4 is 0 Å². The van der Waals surface area contributed by atoms with Gasteiger partial charge in [-0.1, -0.05) is 13.0 Å². The minimum Gasteiger partial charge on any atom is -0.458 e. The molecule has 0 amide bonds. The molecule has 94 valence electrons. The van der Waals surface area contributed by atoms with E-state index in [1.165, 1.54) is 6.07 Å². The lowest BCUT2D eigenvalue weighted by Gasteiger charge is -2.06. The summed E-state index contributed by atoms with van der Waals surface area (Å²) in [5.74, 6) is 0.0258. The number of ketones is 1. The molecule has 3 heteroatoms. The first-order chi connectivity index (χ1) is 8.52. The highest BCUT2D eigenvalue weighted by Crippen LogP contribution is 2.21. The summed E-state index contributed by atoms with van der Waals surface area (Å²) in [6.45, 7) is 5.46. The average Bonchev–Trinajstić information content (AvgIpc) is 2.75. The molecule has 18 heavy (non-hydrogen) atoms. The molecule has 1 heterocycles. The number of carbonyl (C=O) groups excluding carboxylic acids is 1. The van der Waals surface area contributed by atoms with Crippen LogP contribution in [-0.4, -0.2) is 5.78 Å². The van der Waals surface area contributed by atoms with E-state index in [0.29, 0.717) is 12.0 Å². The maximum atomic E-state index is 13.9. The highest BCUT2D eigenvalue weighted by atomic mass is 19.1. The molecule has 0 aliphatic rings. The third-order valence-electron chi connectivity index (χ3n) is 2.89. The summed E-state index contributed by atoms with van der Waals surface area (Å²) >= 11 is 0. The van der Waals surface area contributed by atoms with Gasteiger partial charge in [-0.15, -0.1) is 0 Å². The van der Waals surface area contributed by atoms with E-state index >= 15 is 0 Å². The molecule has 0 N–H and O–H groups in total.